The minimum atomic E-state index is -5.23. The molecule has 0 saturated carbocycles. The Morgan fingerprint density at radius 2 is 1.61 bits per heavy atom. The fourth-order valence-corrected chi connectivity index (χ4v) is 1.10. The van der Waals surface area contributed by atoms with E-state index in [0.29, 0.717) is 6.29 Å². The number of phosphoric ester groups is 1. The fraction of sp³-hybridized carbons (Fsp3) is 0.833. The van der Waals surface area contributed by atoms with Crippen LogP contribution in [0, 0.1) is 0 Å². The standard InChI is InChI=1S/C6H13O8P.2Na.H2O/c7-2-1-4(8)6(10)5(9)3-14-15(11,12)13;;;/h2,4-6,8-10H,1,3H2,(H2,11,12,13);;;1H2/q;2*+1;/p-2/t4-,5-,6+;;;/m1.../s1. The van der Waals surface area contributed by atoms with Crippen molar-refractivity contribution in [3.63, 3.8) is 0 Å². The van der Waals surface area contributed by atoms with Gasteiger partial charge in [0.1, 0.15) is 18.5 Å². The number of rotatable bonds is 7. The maximum absolute atomic E-state index is 9.99. The van der Waals surface area contributed by atoms with Gasteiger partial charge in [-0.05, 0) is 0 Å². The van der Waals surface area contributed by atoms with Crippen molar-refractivity contribution in [3.8, 4) is 0 Å². The van der Waals surface area contributed by atoms with Gasteiger partial charge in [-0.2, -0.15) is 0 Å². The van der Waals surface area contributed by atoms with E-state index in [1.165, 1.54) is 0 Å². The first-order valence-corrected chi connectivity index (χ1v) is 5.38. The predicted molar refractivity (Wildman–Crippen MR) is 45.9 cm³/mol. The van der Waals surface area contributed by atoms with E-state index in [2.05, 4.69) is 4.52 Å². The molecular weight excluding hydrogens is 293 g/mol. The molecule has 0 fully saturated rings. The largest absolute Gasteiger partial charge is 1.00 e. The number of phosphoric acid groups is 1. The van der Waals surface area contributed by atoms with E-state index >= 15 is 0 Å². The molecule has 0 spiro atoms. The number of aliphatic hydroxyl groups excluding tert-OH is 3. The van der Waals surface area contributed by atoms with Crippen LogP contribution in [-0.2, 0) is 13.9 Å². The Balaban J connectivity index is -0.000000327. The Hall–Kier alpha value is 1.62. The van der Waals surface area contributed by atoms with Crippen molar-refractivity contribution in [1.29, 1.82) is 0 Å². The van der Waals surface area contributed by atoms with Crippen molar-refractivity contribution in [2.24, 2.45) is 0 Å². The third kappa shape index (κ3) is 14.0. The van der Waals surface area contributed by atoms with Gasteiger partial charge in [-0.3, -0.25) is 0 Å². The molecule has 0 aromatic rings. The van der Waals surface area contributed by atoms with Crippen LogP contribution in [0.2, 0.25) is 0 Å². The van der Waals surface area contributed by atoms with Gasteiger partial charge >= 0.3 is 59.1 Å². The van der Waals surface area contributed by atoms with Crippen LogP contribution in [0.15, 0.2) is 0 Å². The average Bonchev–Trinajstić information content (AvgIpc) is 2.12. The van der Waals surface area contributed by atoms with Crippen LogP contribution in [0.5, 0.6) is 0 Å². The van der Waals surface area contributed by atoms with Crippen LogP contribution in [0.25, 0.3) is 0 Å². The molecule has 18 heavy (non-hydrogen) atoms. The number of carbonyl (C=O) groups excluding carboxylic acids is 1. The van der Waals surface area contributed by atoms with Crippen LogP contribution in [0.1, 0.15) is 6.42 Å². The summed E-state index contributed by atoms with van der Waals surface area (Å²) in [6.45, 7) is -0.971. The van der Waals surface area contributed by atoms with E-state index in [1.54, 1.807) is 0 Å². The van der Waals surface area contributed by atoms with Crippen molar-refractivity contribution in [2.45, 2.75) is 24.7 Å². The molecule has 0 aliphatic rings. The van der Waals surface area contributed by atoms with Gasteiger partial charge in [-0.15, -0.1) is 0 Å². The molecule has 5 N–H and O–H groups in total. The first-order chi connectivity index (χ1) is 6.78. The monoisotopic (exact) mass is 306 g/mol. The first kappa shape index (κ1) is 27.9. The number of aliphatic hydroxyl groups is 3. The zero-order valence-corrected chi connectivity index (χ0v) is 14.9. The molecule has 0 amide bonds. The van der Waals surface area contributed by atoms with Crippen molar-refractivity contribution < 1.29 is 104 Å². The van der Waals surface area contributed by atoms with E-state index in [-0.39, 0.29) is 64.6 Å². The second kappa shape index (κ2) is 13.6. The number of carbonyl (C=O) groups is 1. The summed E-state index contributed by atoms with van der Waals surface area (Å²) in [6, 6.07) is 0. The van der Waals surface area contributed by atoms with Gasteiger partial charge < -0.3 is 44.5 Å². The van der Waals surface area contributed by atoms with E-state index in [9.17, 15) is 19.1 Å². The summed E-state index contributed by atoms with van der Waals surface area (Å²) < 4.78 is 13.7. The summed E-state index contributed by atoms with van der Waals surface area (Å²) in [4.78, 5) is 29.9. The predicted octanol–water partition coefficient (Wildman–Crippen LogP) is -10.3. The number of hydrogen-bond acceptors (Lipinski definition) is 8. The van der Waals surface area contributed by atoms with Crippen LogP contribution >= 0.6 is 7.82 Å². The number of hydrogen-bond donors (Lipinski definition) is 3. The normalized spacial score (nSPS) is 15.2. The molecule has 0 aliphatic carbocycles. The molecule has 0 rings (SSSR count). The molecule has 0 aliphatic heterocycles. The molecule has 3 atom stereocenters. The fourth-order valence-electron chi connectivity index (χ4n) is 0.761. The SMILES string of the molecule is O.O=CC[C@@H](O)[C@H](O)[C@H](O)COP(=O)([O-])[O-].[Na+].[Na+]. The van der Waals surface area contributed by atoms with Crippen molar-refractivity contribution in [2.75, 3.05) is 6.61 Å². The zero-order chi connectivity index (χ0) is 12.1. The summed E-state index contributed by atoms with van der Waals surface area (Å²) in [5.41, 5.74) is 0. The summed E-state index contributed by atoms with van der Waals surface area (Å²) in [5.74, 6) is 0. The van der Waals surface area contributed by atoms with Gasteiger partial charge in [-0.1, -0.05) is 0 Å². The van der Waals surface area contributed by atoms with Crippen LogP contribution in [0.3, 0.4) is 0 Å². The minimum absolute atomic E-state index is 0. The first-order valence-electron chi connectivity index (χ1n) is 3.92. The Kier molecular flexibility index (Phi) is 21.1. The van der Waals surface area contributed by atoms with Gasteiger partial charge in [0.2, 0.25) is 0 Å². The molecule has 0 radical (unpaired) electrons. The average molecular weight is 306 g/mol. The third-order valence-electron chi connectivity index (χ3n) is 1.53. The summed E-state index contributed by atoms with van der Waals surface area (Å²) in [5, 5.41) is 27.1. The number of aldehydes is 1. The molecule has 0 unspecified atom stereocenters. The summed E-state index contributed by atoms with van der Waals surface area (Å²) in [7, 11) is -5.23. The molecule has 9 nitrogen and oxygen atoms in total. The Labute approximate surface area is 148 Å². The van der Waals surface area contributed by atoms with Crippen molar-refractivity contribution >= 4 is 14.1 Å². The molecule has 0 aromatic heterocycles. The van der Waals surface area contributed by atoms with E-state index in [0.717, 1.165) is 0 Å². The maximum Gasteiger partial charge on any atom is 1.00 e. The topological polar surface area (TPSA) is 182 Å². The van der Waals surface area contributed by atoms with Crippen molar-refractivity contribution in [3.05, 3.63) is 0 Å². The van der Waals surface area contributed by atoms with Gasteiger partial charge in [0.05, 0.1) is 20.5 Å². The van der Waals surface area contributed by atoms with E-state index in [4.69, 9.17) is 15.3 Å². The Morgan fingerprint density at radius 3 is 1.94 bits per heavy atom. The third-order valence-corrected chi connectivity index (χ3v) is 1.99. The van der Waals surface area contributed by atoms with Gasteiger partial charge in [0, 0.05) is 6.42 Å². The molecule has 0 heterocycles. The molecule has 12 heteroatoms. The molecular formula is C6H13Na2O9P. The second-order valence-corrected chi connectivity index (χ2v) is 3.92. The summed E-state index contributed by atoms with van der Waals surface area (Å²) in [6.07, 6.45) is -5.19. The van der Waals surface area contributed by atoms with Crippen LogP contribution < -0.4 is 68.9 Å². The van der Waals surface area contributed by atoms with Crippen LogP contribution in [0.4, 0.5) is 0 Å². The molecule has 0 bridgehead atoms. The quantitative estimate of drug-likeness (QED) is 0.235. The van der Waals surface area contributed by atoms with Crippen molar-refractivity contribution in [1.82, 2.24) is 0 Å². The van der Waals surface area contributed by atoms with Gasteiger partial charge in [0.25, 0.3) is 0 Å². The second-order valence-electron chi connectivity index (χ2n) is 2.77. The molecule has 0 saturated heterocycles. The molecule has 98 valence electrons. The Bertz CT molecular complexity index is 247. The smallest absolute Gasteiger partial charge is 0.790 e. The Morgan fingerprint density at radius 1 is 1.17 bits per heavy atom. The van der Waals surface area contributed by atoms with E-state index in [1.807, 2.05) is 0 Å². The van der Waals surface area contributed by atoms with Gasteiger partial charge in [-0.25, -0.2) is 0 Å². The van der Waals surface area contributed by atoms with Crippen LogP contribution in [-0.4, -0.2) is 52.0 Å². The maximum atomic E-state index is 9.99. The molecule has 0 aromatic carbocycles. The van der Waals surface area contributed by atoms with E-state index < -0.39 is 39.2 Å². The minimum Gasteiger partial charge on any atom is -0.790 e. The summed E-state index contributed by atoms with van der Waals surface area (Å²) >= 11 is 0. The van der Waals surface area contributed by atoms with Gasteiger partial charge in [0.15, 0.2) is 0 Å². The zero-order valence-electron chi connectivity index (χ0n) is 10.1.